The summed E-state index contributed by atoms with van der Waals surface area (Å²) < 4.78 is 5.75. The number of anilines is 1. The summed E-state index contributed by atoms with van der Waals surface area (Å²) in [6, 6.07) is 15.7. The first-order chi connectivity index (χ1) is 14.9. The fourth-order valence-electron chi connectivity index (χ4n) is 3.12. The largest absolute Gasteiger partial charge is 0.456 e. The molecule has 0 saturated carbocycles. The van der Waals surface area contributed by atoms with E-state index in [1.54, 1.807) is 24.3 Å². The molecule has 2 heterocycles. The zero-order chi connectivity index (χ0) is 22.0. The van der Waals surface area contributed by atoms with Crippen molar-refractivity contribution in [1.29, 1.82) is 0 Å². The molecule has 1 amide bonds. The van der Waals surface area contributed by atoms with Crippen molar-refractivity contribution < 1.29 is 14.1 Å². The Labute approximate surface area is 187 Å². The first kappa shape index (κ1) is 21.0. The lowest BCUT2D eigenvalue weighted by atomic mass is 10.1. The SMILES string of the molecule is CCc1ccc(N[C@H]2NC(=O)/C(=C/c3ccc(-c4ccc(Cl)cc4[N+](=O)[O-])o3)S2)cc1. The quantitative estimate of drug-likeness (QED) is 0.282. The van der Waals surface area contributed by atoms with Crippen LogP contribution in [0.2, 0.25) is 5.02 Å². The summed E-state index contributed by atoms with van der Waals surface area (Å²) in [4.78, 5) is 23.7. The second kappa shape index (κ2) is 8.87. The standard InChI is InChI=1S/C22H18ClN3O4S/c1-2-13-3-6-15(7-4-13)24-22-25-21(27)20(31-22)12-16-8-10-19(30-16)17-9-5-14(23)11-18(17)26(28)29/h3-12,22,24H,2H2,1H3,(H,25,27)/b20-12-/t22-/m0/s1. The van der Waals surface area contributed by atoms with E-state index in [9.17, 15) is 14.9 Å². The number of amides is 1. The summed E-state index contributed by atoms with van der Waals surface area (Å²) in [5, 5.41) is 17.7. The van der Waals surface area contributed by atoms with Gasteiger partial charge in [-0.15, -0.1) is 0 Å². The number of carbonyl (C=O) groups is 1. The zero-order valence-corrected chi connectivity index (χ0v) is 18.0. The highest BCUT2D eigenvalue weighted by Gasteiger charge is 2.27. The smallest absolute Gasteiger partial charge is 0.281 e. The van der Waals surface area contributed by atoms with Crippen LogP contribution in [0.1, 0.15) is 18.2 Å². The minimum Gasteiger partial charge on any atom is -0.456 e. The molecule has 0 spiro atoms. The minimum absolute atomic E-state index is 0.146. The number of nitro groups is 1. The third kappa shape index (κ3) is 4.76. The van der Waals surface area contributed by atoms with Crippen molar-refractivity contribution in [2.45, 2.75) is 18.8 Å². The van der Waals surface area contributed by atoms with Crippen molar-refractivity contribution in [3.05, 3.63) is 86.0 Å². The number of benzene rings is 2. The molecule has 1 saturated heterocycles. The molecule has 0 radical (unpaired) electrons. The van der Waals surface area contributed by atoms with Crippen molar-refractivity contribution in [1.82, 2.24) is 5.32 Å². The number of furan rings is 1. The van der Waals surface area contributed by atoms with E-state index in [1.165, 1.54) is 29.5 Å². The Morgan fingerprint density at radius 2 is 2.00 bits per heavy atom. The minimum atomic E-state index is -0.508. The van der Waals surface area contributed by atoms with E-state index < -0.39 is 4.92 Å². The Hall–Kier alpha value is -3.23. The topological polar surface area (TPSA) is 97.4 Å². The van der Waals surface area contributed by atoms with Gasteiger partial charge in [0.25, 0.3) is 11.6 Å². The van der Waals surface area contributed by atoms with E-state index in [1.807, 2.05) is 24.3 Å². The number of thioether (sulfide) groups is 1. The fourth-order valence-corrected chi connectivity index (χ4v) is 4.25. The number of hydrogen-bond donors (Lipinski definition) is 2. The number of nitrogens with one attached hydrogen (secondary N) is 2. The van der Waals surface area contributed by atoms with Gasteiger partial charge in [-0.3, -0.25) is 14.9 Å². The van der Waals surface area contributed by atoms with Crippen molar-refractivity contribution in [3.63, 3.8) is 0 Å². The number of aryl methyl sites for hydroxylation is 1. The molecule has 1 aliphatic heterocycles. The number of carbonyl (C=O) groups excluding carboxylic acids is 1. The van der Waals surface area contributed by atoms with E-state index in [2.05, 4.69) is 17.6 Å². The first-order valence-electron chi connectivity index (χ1n) is 9.52. The highest BCUT2D eigenvalue weighted by molar-refractivity contribution is 8.05. The molecule has 1 aliphatic rings. The molecule has 2 aromatic carbocycles. The predicted octanol–water partition coefficient (Wildman–Crippen LogP) is 5.67. The predicted molar refractivity (Wildman–Crippen MR) is 123 cm³/mol. The third-order valence-corrected chi connectivity index (χ3v) is 5.98. The summed E-state index contributed by atoms with van der Waals surface area (Å²) in [7, 11) is 0. The van der Waals surface area contributed by atoms with Crippen LogP contribution in [0.25, 0.3) is 17.4 Å². The fraction of sp³-hybridized carbons (Fsp3) is 0.136. The summed E-state index contributed by atoms with van der Waals surface area (Å²) >= 11 is 7.21. The maximum absolute atomic E-state index is 12.4. The maximum atomic E-state index is 12.4. The molecular formula is C22H18ClN3O4S. The normalized spacial score (nSPS) is 17.0. The lowest BCUT2D eigenvalue weighted by Crippen LogP contribution is -2.30. The van der Waals surface area contributed by atoms with Gasteiger partial charge in [-0.2, -0.15) is 0 Å². The van der Waals surface area contributed by atoms with Gasteiger partial charge < -0.3 is 15.1 Å². The Bertz CT molecular complexity index is 1170. The van der Waals surface area contributed by atoms with Gasteiger partial charge in [0, 0.05) is 22.9 Å². The van der Waals surface area contributed by atoms with Gasteiger partial charge in [0.2, 0.25) is 0 Å². The zero-order valence-electron chi connectivity index (χ0n) is 16.4. The molecule has 158 valence electrons. The molecule has 0 aliphatic carbocycles. The van der Waals surface area contributed by atoms with Crippen LogP contribution in [0.3, 0.4) is 0 Å². The van der Waals surface area contributed by atoms with Crippen LogP contribution in [0, 0.1) is 10.1 Å². The highest BCUT2D eigenvalue weighted by Crippen LogP contribution is 2.35. The molecule has 3 aromatic rings. The second-order valence-corrected chi connectivity index (χ2v) is 8.38. The number of nitro benzene ring substituents is 1. The third-order valence-electron chi connectivity index (χ3n) is 4.71. The summed E-state index contributed by atoms with van der Waals surface area (Å²) in [6.45, 7) is 2.09. The summed E-state index contributed by atoms with van der Waals surface area (Å²) in [5.74, 6) is 0.525. The summed E-state index contributed by atoms with van der Waals surface area (Å²) in [5.41, 5.74) is 2.01. The van der Waals surface area contributed by atoms with Crippen LogP contribution < -0.4 is 10.6 Å². The van der Waals surface area contributed by atoms with Crippen molar-refractivity contribution in [2.24, 2.45) is 0 Å². The van der Waals surface area contributed by atoms with Crippen LogP contribution >= 0.6 is 23.4 Å². The van der Waals surface area contributed by atoms with Crippen LogP contribution in [0.5, 0.6) is 0 Å². The molecule has 1 fully saturated rings. The van der Waals surface area contributed by atoms with Crippen molar-refractivity contribution in [3.8, 4) is 11.3 Å². The first-order valence-corrected chi connectivity index (χ1v) is 10.8. The molecule has 4 rings (SSSR count). The monoisotopic (exact) mass is 455 g/mol. The van der Waals surface area contributed by atoms with Gasteiger partial charge in [-0.1, -0.05) is 42.4 Å². The molecule has 1 atom stereocenters. The number of halogens is 1. The average Bonchev–Trinajstić information content (AvgIpc) is 3.35. The van der Waals surface area contributed by atoms with Gasteiger partial charge in [0.15, 0.2) is 5.50 Å². The molecular weight excluding hydrogens is 438 g/mol. The van der Waals surface area contributed by atoms with Crippen molar-refractivity contribution >= 4 is 46.7 Å². The highest BCUT2D eigenvalue weighted by atomic mass is 35.5. The van der Waals surface area contributed by atoms with E-state index in [-0.39, 0.29) is 22.1 Å². The van der Waals surface area contributed by atoms with E-state index in [0.717, 1.165) is 12.1 Å². The van der Waals surface area contributed by atoms with Gasteiger partial charge in [0.05, 0.1) is 15.4 Å². The number of hydrogen-bond acceptors (Lipinski definition) is 6. The van der Waals surface area contributed by atoms with Gasteiger partial charge in [-0.25, -0.2) is 0 Å². The Kier molecular flexibility index (Phi) is 6.01. The molecule has 7 nitrogen and oxygen atoms in total. The Balaban J connectivity index is 1.50. The maximum Gasteiger partial charge on any atom is 0.281 e. The summed E-state index contributed by atoms with van der Waals surface area (Å²) in [6.07, 6.45) is 2.58. The molecule has 2 N–H and O–H groups in total. The number of nitrogens with zero attached hydrogens (tertiary/aromatic N) is 1. The van der Waals surface area contributed by atoms with E-state index in [0.29, 0.717) is 22.0 Å². The van der Waals surface area contributed by atoms with Crippen LogP contribution in [-0.2, 0) is 11.2 Å². The van der Waals surface area contributed by atoms with E-state index >= 15 is 0 Å². The number of rotatable bonds is 6. The second-order valence-electron chi connectivity index (χ2n) is 6.80. The van der Waals surface area contributed by atoms with Crippen LogP contribution in [0.4, 0.5) is 11.4 Å². The Morgan fingerprint density at radius 1 is 1.23 bits per heavy atom. The molecule has 31 heavy (non-hydrogen) atoms. The van der Waals surface area contributed by atoms with Gasteiger partial charge >= 0.3 is 0 Å². The van der Waals surface area contributed by atoms with Gasteiger partial charge in [-0.05, 0) is 48.4 Å². The van der Waals surface area contributed by atoms with Crippen LogP contribution in [0.15, 0.2) is 63.9 Å². The lowest BCUT2D eigenvalue weighted by molar-refractivity contribution is -0.384. The molecule has 0 unspecified atom stereocenters. The molecule has 1 aromatic heterocycles. The average molecular weight is 456 g/mol. The van der Waals surface area contributed by atoms with Gasteiger partial charge in [0.1, 0.15) is 11.5 Å². The van der Waals surface area contributed by atoms with Crippen molar-refractivity contribution in [2.75, 3.05) is 5.32 Å². The molecule has 0 bridgehead atoms. The lowest BCUT2D eigenvalue weighted by Gasteiger charge is -2.12. The Morgan fingerprint density at radius 3 is 2.71 bits per heavy atom. The van der Waals surface area contributed by atoms with E-state index in [4.69, 9.17) is 16.0 Å². The molecule has 9 heteroatoms. The van der Waals surface area contributed by atoms with Crippen LogP contribution in [-0.4, -0.2) is 16.3 Å².